The molecule has 0 atom stereocenters. The van der Waals surface area contributed by atoms with Crippen LogP contribution in [0, 0.1) is 0 Å². The summed E-state index contributed by atoms with van der Waals surface area (Å²) >= 11 is 0. The molecule has 0 aliphatic rings. The maximum Gasteiger partial charge on any atom is 0.302 e. The van der Waals surface area contributed by atoms with E-state index >= 15 is 0 Å². The van der Waals surface area contributed by atoms with E-state index in [2.05, 4.69) is 0 Å². The lowest BCUT2D eigenvalue weighted by molar-refractivity contribution is -0.142. The zero-order valence-electron chi connectivity index (χ0n) is 11.0. The van der Waals surface area contributed by atoms with E-state index in [1.54, 1.807) is 0 Å². The fraction of sp³-hybridized carbons (Fsp3) is 0.846. The van der Waals surface area contributed by atoms with Crippen molar-refractivity contribution in [3.8, 4) is 0 Å². The lowest BCUT2D eigenvalue weighted by Gasteiger charge is -2.03. The van der Waals surface area contributed by atoms with Crippen LogP contribution in [0.1, 0.15) is 58.8 Å². The van der Waals surface area contributed by atoms with E-state index in [9.17, 15) is 9.59 Å². The highest BCUT2D eigenvalue weighted by Crippen LogP contribution is 2.07. The summed E-state index contributed by atoms with van der Waals surface area (Å²) in [5.74, 6) is -0.397. The molecule has 4 nitrogen and oxygen atoms in total. The van der Waals surface area contributed by atoms with Crippen LogP contribution in [0.15, 0.2) is 0 Å². The first-order valence-electron chi connectivity index (χ1n) is 6.39. The summed E-state index contributed by atoms with van der Waals surface area (Å²) in [6.45, 7) is 3.95. The second kappa shape index (κ2) is 11.4. The molecule has 17 heavy (non-hydrogen) atoms. The van der Waals surface area contributed by atoms with E-state index in [4.69, 9.17) is 9.47 Å². The smallest absolute Gasteiger partial charge is 0.302 e. The Bertz CT molecular complexity index is 191. The fourth-order valence-electron chi connectivity index (χ4n) is 1.52. The number of hydrogen-bond acceptors (Lipinski definition) is 4. The molecule has 4 heteroatoms. The van der Waals surface area contributed by atoms with Crippen molar-refractivity contribution in [2.75, 3.05) is 13.2 Å². The Labute approximate surface area is 104 Å². The molecule has 100 valence electrons. The number of unbranched alkanes of at least 4 members (excludes halogenated alkanes) is 6. The van der Waals surface area contributed by atoms with Crippen molar-refractivity contribution < 1.29 is 19.1 Å². The van der Waals surface area contributed by atoms with E-state index in [0.717, 1.165) is 25.7 Å². The van der Waals surface area contributed by atoms with Crippen LogP contribution < -0.4 is 0 Å². The van der Waals surface area contributed by atoms with E-state index in [1.807, 2.05) is 0 Å². The van der Waals surface area contributed by atoms with Crippen LogP contribution in [0.4, 0.5) is 0 Å². The topological polar surface area (TPSA) is 52.6 Å². The molecule has 0 aliphatic heterocycles. The van der Waals surface area contributed by atoms with Gasteiger partial charge in [0, 0.05) is 13.8 Å². The molecule has 0 amide bonds. The molecule has 0 N–H and O–H groups in total. The molecule has 0 heterocycles. The van der Waals surface area contributed by atoms with Gasteiger partial charge in [0.25, 0.3) is 0 Å². The lowest BCUT2D eigenvalue weighted by atomic mass is 10.1. The van der Waals surface area contributed by atoms with Gasteiger partial charge in [-0.2, -0.15) is 0 Å². The third-order valence-corrected chi connectivity index (χ3v) is 2.40. The lowest BCUT2D eigenvalue weighted by Crippen LogP contribution is -2.00. The molecule has 0 bridgehead atoms. The Hall–Kier alpha value is -1.06. The van der Waals surface area contributed by atoms with Crippen molar-refractivity contribution in [2.45, 2.75) is 58.8 Å². The average Bonchev–Trinajstić information content (AvgIpc) is 2.25. The van der Waals surface area contributed by atoms with Crippen LogP contribution in [0.5, 0.6) is 0 Å². The number of esters is 2. The van der Waals surface area contributed by atoms with Crippen molar-refractivity contribution in [1.82, 2.24) is 0 Å². The molecule has 0 fully saturated rings. The van der Waals surface area contributed by atoms with E-state index < -0.39 is 0 Å². The summed E-state index contributed by atoms with van der Waals surface area (Å²) in [5.41, 5.74) is 0. The first kappa shape index (κ1) is 15.9. The molecule has 0 saturated heterocycles. The van der Waals surface area contributed by atoms with Gasteiger partial charge in [-0.3, -0.25) is 9.59 Å². The molecular formula is C13H24O4. The zero-order chi connectivity index (χ0) is 12.9. The van der Waals surface area contributed by atoms with Crippen LogP contribution in [0.2, 0.25) is 0 Å². The van der Waals surface area contributed by atoms with Gasteiger partial charge in [0.15, 0.2) is 0 Å². The van der Waals surface area contributed by atoms with E-state index in [0.29, 0.717) is 13.2 Å². The summed E-state index contributed by atoms with van der Waals surface area (Å²) in [6.07, 6.45) is 7.66. The minimum atomic E-state index is -0.199. The van der Waals surface area contributed by atoms with Gasteiger partial charge in [-0.05, 0) is 12.8 Å². The Balaban J connectivity index is 2.98. The minimum absolute atomic E-state index is 0.199. The molecule has 0 aliphatic carbocycles. The highest BCUT2D eigenvalue weighted by Gasteiger charge is 1.95. The minimum Gasteiger partial charge on any atom is -0.466 e. The maximum absolute atomic E-state index is 10.5. The first-order valence-corrected chi connectivity index (χ1v) is 6.39. The third kappa shape index (κ3) is 14.9. The molecular weight excluding hydrogens is 220 g/mol. The number of ether oxygens (including phenoxy) is 2. The Morgan fingerprint density at radius 3 is 1.24 bits per heavy atom. The zero-order valence-corrected chi connectivity index (χ0v) is 11.0. The second-order valence-electron chi connectivity index (χ2n) is 4.15. The van der Waals surface area contributed by atoms with Gasteiger partial charge >= 0.3 is 11.9 Å². The number of carbonyl (C=O) groups excluding carboxylic acids is 2. The molecule has 0 rings (SSSR count). The summed E-state index contributed by atoms with van der Waals surface area (Å²) in [5, 5.41) is 0. The monoisotopic (exact) mass is 244 g/mol. The standard InChI is InChI=1S/C13H24O4/c1-12(14)16-10-8-6-4-3-5-7-9-11-17-13(2)15/h3-11H2,1-2H3. The normalized spacial score (nSPS) is 10.0. The SMILES string of the molecule is CC(=O)OCCCCCCCCCOC(C)=O. The van der Waals surface area contributed by atoms with Crippen LogP contribution in [-0.2, 0) is 19.1 Å². The molecule has 0 aromatic rings. The largest absolute Gasteiger partial charge is 0.466 e. The van der Waals surface area contributed by atoms with Crippen molar-refractivity contribution in [3.63, 3.8) is 0 Å². The van der Waals surface area contributed by atoms with Crippen LogP contribution in [-0.4, -0.2) is 25.2 Å². The van der Waals surface area contributed by atoms with Gasteiger partial charge in [-0.15, -0.1) is 0 Å². The summed E-state index contributed by atoms with van der Waals surface area (Å²) in [4.78, 5) is 20.9. The van der Waals surface area contributed by atoms with Gasteiger partial charge < -0.3 is 9.47 Å². The van der Waals surface area contributed by atoms with Crippen LogP contribution in [0.3, 0.4) is 0 Å². The molecule has 0 radical (unpaired) electrons. The second-order valence-corrected chi connectivity index (χ2v) is 4.15. The van der Waals surface area contributed by atoms with E-state index in [-0.39, 0.29) is 11.9 Å². The molecule has 0 aromatic carbocycles. The van der Waals surface area contributed by atoms with Crippen molar-refractivity contribution in [3.05, 3.63) is 0 Å². The predicted octanol–water partition coefficient (Wildman–Crippen LogP) is 2.84. The Morgan fingerprint density at radius 2 is 0.941 bits per heavy atom. The van der Waals surface area contributed by atoms with Crippen molar-refractivity contribution in [1.29, 1.82) is 0 Å². The number of hydrogen-bond donors (Lipinski definition) is 0. The van der Waals surface area contributed by atoms with E-state index in [1.165, 1.54) is 33.1 Å². The predicted molar refractivity (Wildman–Crippen MR) is 65.6 cm³/mol. The molecule has 0 spiro atoms. The summed E-state index contributed by atoms with van der Waals surface area (Å²) < 4.78 is 9.67. The van der Waals surface area contributed by atoms with Gasteiger partial charge in [0.05, 0.1) is 13.2 Å². The first-order chi connectivity index (χ1) is 8.13. The number of carbonyl (C=O) groups is 2. The van der Waals surface area contributed by atoms with Crippen molar-refractivity contribution in [2.24, 2.45) is 0 Å². The maximum atomic E-state index is 10.5. The summed E-state index contributed by atoms with van der Waals surface area (Å²) in [7, 11) is 0. The summed E-state index contributed by atoms with van der Waals surface area (Å²) in [6, 6.07) is 0. The average molecular weight is 244 g/mol. The Kier molecular flexibility index (Phi) is 10.7. The third-order valence-electron chi connectivity index (χ3n) is 2.40. The highest BCUT2D eigenvalue weighted by atomic mass is 16.5. The van der Waals surface area contributed by atoms with Crippen molar-refractivity contribution >= 4 is 11.9 Å². The van der Waals surface area contributed by atoms with Crippen LogP contribution in [0.25, 0.3) is 0 Å². The Morgan fingerprint density at radius 1 is 0.647 bits per heavy atom. The molecule has 0 unspecified atom stereocenters. The van der Waals surface area contributed by atoms with Gasteiger partial charge in [0.1, 0.15) is 0 Å². The van der Waals surface area contributed by atoms with Gasteiger partial charge in [-0.1, -0.05) is 32.1 Å². The molecule has 0 aromatic heterocycles. The van der Waals surface area contributed by atoms with Gasteiger partial charge in [0.2, 0.25) is 0 Å². The van der Waals surface area contributed by atoms with Crippen LogP contribution >= 0.6 is 0 Å². The fourth-order valence-corrected chi connectivity index (χ4v) is 1.52. The highest BCUT2D eigenvalue weighted by molar-refractivity contribution is 5.66. The number of rotatable bonds is 10. The molecule has 0 saturated carbocycles. The quantitative estimate of drug-likeness (QED) is 0.438. The van der Waals surface area contributed by atoms with Gasteiger partial charge in [-0.25, -0.2) is 0 Å².